The molecule has 3 amide bonds. The molecule has 2 atom stereocenters. The zero-order valence-electron chi connectivity index (χ0n) is 10.2. The second-order valence-electron chi connectivity index (χ2n) is 4.49. The normalized spacial score (nSPS) is 22.5. The molecule has 2 unspecified atom stereocenters. The highest BCUT2D eigenvalue weighted by atomic mass is 16.2. The van der Waals surface area contributed by atoms with Crippen molar-refractivity contribution < 1.29 is 14.4 Å². The smallest absolute Gasteiger partial charge is 0.251 e. The van der Waals surface area contributed by atoms with Gasteiger partial charge in [-0.2, -0.15) is 0 Å². The number of nitrogens with two attached hydrogens (primary N) is 1. The van der Waals surface area contributed by atoms with Crippen LogP contribution in [0.25, 0.3) is 0 Å². The molecule has 6 nitrogen and oxygen atoms in total. The average molecular weight is 241 g/mol. The van der Waals surface area contributed by atoms with Crippen LogP contribution in [-0.2, 0) is 14.4 Å². The molecule has 0 aromatic rings. The number of rotatable bonds is 4. The molecule has 6 heteroatoms. The predicted molar refractivity (Wildman–Crippen MR) is 61.8 cm³/mol. The molecule has 0 bridgehead atoms. The van der Waals surface area contributed by atoms with Crippen LogP contribution in [0.3, 0.4) is 0 Å². The maximum Gasteiger partial charge on any atom is 0.251 e. The summed E-state index contributed by atoms with van der Waals surface area (Å²) >= 11 is 0. The van der Waals surface area contributed by atoms with Gasteiger partial charge in [-0.15, -0.1) is 0 Å². The Balaban J connectivity index is 2.49. The summed E-state index contributed by atoms with van der Waals surface area (Å²) in [5.41, 5.74) is 5.42. The van der Waals surface area contributed by atoms with Crippen molar-refractivity contribution in [1.82, 2.24) is 10.2 Å². The summed E-state index contributed by atoms with van der Waals surface area (Å²) < 4.78 is 0. The molecule has 1 fully saturated rings. The van der Waals surface area contributed by atoms with Gasteiger partial charge in [0.15, 0.2) is 0 Å². The largest absolute Gasteiger partial charge is 0.344 e. The predicted octanol–water partition coefficient (Wildman–Crippen LogP) is -0.765. The van der Waals surface area contributed by atoms with Crippen molar-refractivity contribution in [2.24, 2.45) is 11.7 Å². The highest BCUT2D eigenvalue weighted by Gasteiger charge is 2.32. The Morgan fingerprint density at radius 1 is 1.59 bits per heavy atom. The first kappa shape index (κ1) is 13.6. The fourth-order valence-electron chi connectivity index (χ4n) is 1.70. The van der Waals surface area contributed by atoms with Crippen molar-refractivity contribution in [1.29, 1.82) is 0 Å². The number of likely N-dealkylation sites (tertiary alicyclic amines) is 1. The Labute approximate surface area is 101 Å². The Morgan fingerprint density at radius 3 is 2.82 bits per heavy atom. The number of amides is 3. The first-order valence-corrected chi connectivity index (χ1v) is 5.75. The van der Waals surface area contributed by atoms with Crippen LogP contribution in [0.1, 0.15) is 26.2 Å². The minimum absolute atomic E-state index is 0.0908. The van der Waals surface area contributed by atoms with Crippen LogP contribution in [0, 0.1) is 5.92 Å². The standard InChI is InChI=1S/C11H19N3O3/c1-7(6-12)5-9(15)13-8-3-4-10(16)14(2)11(8)17/h7-8H,3-6,12H2,1-2H3,(H,13,15). The fourth-order valence-corrected chi connectivity index (χ4v) is 1.70. The molecule has 1 aliphatic heterocycles. The summed E-state index contributed by atoms with van der Waals surface area (Å²) in [7, 11) is 1.44. The maximum atomic E-state index is 11.7. The van der Waals surface area contributed by atoms with Gasteiger partial charge in [0.05, 0.1) is 0 Å². The monoisotopic (exact) mass is 241 g/mol. The van der Waals surface area contributed by atoms with Crippen LogP contribution in [-0.4, -0.2) is 42.3 Å². The topological polar surface area (TPSA) is 92.5 Å². The van der Waals surface area contributed by atoms with E-state index in [0.717, 1.165) is 4.90 Å². The number of carbonyl (C=O) groups is 3. The highest BCUT2D eigenvalue weighted by Crippen LogP contribution is 2.12. The second kappa shape index (κ2) is 5.77. The molecule has 0 saturated carbocycles. The van der Waals surface area contributed by atoms with Gasteiger partial charge in [0.25, 0.3) is 5.91 Å². The number of hydrogen-bond acceptors (Lipinski definition) is 4. The number of hydrogen-bond donors (Lipinski definition) is 2. The van der Waals surface area contributed by atoms with Crippen LogP contribution in [0.2, 0.25) is 0 Å². The molecule has 1 heterocycles. The fraction of sp³-hybridized carbons (Fsp3) is 0.727. The van der Waals surface area contributed by atoms with Gasteiger partial charge in [-0.25, -0.2) is 0 Å². The number of carbonyl (C=O) groups excluding carboxylic acids is 3. The van der Waals surface area contributed by atoms with E-state index in [4.69, 9.17) is 5.73 Å². The average Bonchev–Trinajstić information content (AvgIpc) is 2.29. The van der Waals surface area contributed by atoms with Gasteiger partial charge in [-0.3, -0.25) is 19.3 Å². The molecule has 1 saturated heterocycles. The summed E-state index contributed by atoms with van der Waals surface area (Å²) in [6.45, 7) is 2.31. The quantitative estimate of drug-likeness (QED) is 0.632. The third-order valence-electron chi connectivity index (χ3n) is 2.92. The molecule has 0 aromatic heterocycles. The van der Waals surface area contributed by atoms with Gasteiger partial charge in [0.2, 0.25) is 11.8 Å². The molecule has 0 aliphatic carbocycles. The summed E-state index contributed by atoms with van der Waals surface area (Å²) in [5, 5.41) is 2.65. The molecule has 0 aromatic carbocycles. The summed E-state index contributed by atoms with van der Waals surface area (Å²) in [6, 6.07) is -0.574. The molecule has 0 radical (unpaired) electrons. The van der Waals surface area contributed by atoms with Gasteiger partial charge in [0.1, 0.15) is 6.04 Å². The van der Waals surface area contributed by atoms with E-state index in [1.54, 1.807) is 0 Å². The SMILES string of the molecule is CC(CN)CC(=O)NC1CCC(=O)N(C)C1=O. The molecule has 17 heavy (non-hydrogen) atoms. The van der Waals surface area contributed by atoms with E-state index in [2.05, 4.69) is 5.32 Å². The lowest BCUT2D eigenvalue weighted by molar-refractivity contribution is -0.149. The number of imide groups is 1. The zero-order valence-corrected chi connectivity index (χ0v) is 10.2. The van der Waals surface area contributed by atoms with Crippen LogP contribution in [0.5, 0.6) is 0 Å². The van der Waals surface area contributed by atoms with Crippen molar-refractivity contribution >= 4 is 17.7 Å². The summed E-state index contributed by atoms with van der Waals surface area (Å²) in [5.74, 6) is -0.636. The molecule has 1 rings (SSSR count). The van der Waals surface area contributed by atoms with E-state index >= 15 is 0 Å². The third-order valence-corrected chi connectivity index (χ3v) is 2.92. The maximum absolute atomic E-state index is 11.7. The minimum atomic E-state index is -0.574. The first-order chi connectivity index (χ1) is 7.95. The second-order valence-corrected chi connectivity index (χ2v) is 4.49. The Bertz CT molecular complexity index is 330. The molecule has 96 valence electrons. The summed E-state index contributed by atoms with van der Waals surface area (Å²) in [6.07, 6.45) is 0.975. The summed E-state index contributed by atoms with van der Waals surface area (Å²) in [4.78, 5) is 35.6. The van der Waals surface area contributed by atoms with Crippen LogP contribution in [0.15, 0.2) is 0 Å². The van der Waals surface area contributed by atoms with Gasteiger partial charge >= 0.3 is 0 Å². The number of nitrogens with one attached hydrogen (secondary N) is 1. The zero-order chi connectivity index (χ0) is 13.0. The highest BCUT2D eigenvalue weighted by molar-refractivity contribution is 6.01. The van der Waals surface area contributed by atoms with Crippen LogP contribution in [0.4, 0.5) is 0 Å². The lowest BCUT2D eigenvalue weighted by Crippen LogP contribution is -2.53. The van der Waals surface area contributed by atoms with Crippen molar-refractivity contribution in [3.8, 4) is 0 Å². The Kier molecular flexibility index (Phi) is 4.62. The van der Waals surface area contributed by atoms with E-state index in [9.17, 15) is 14.4 Å². The molecular weight excluding hydrogens is 222 g/mol. The Morgan fingerprint density at radius 2 is 2.24 bits per heavy atom. The number of piperidine rings is 1. The lowest BCUT2D eigenvalue weighted by Gasteiger charge is -2.28. The van der Waals surface area contributed by atoms with E-state index in [-0.39, 0.29) is 23.6 Å². The van der Waals surface area contributed by atoms with Crippen molar-refractivity contribution in [2.45, 2.75) is 32.2 Å². The van der Waals surface area contributed by atoms with Gasteiger partial charge < -0.3 is 11.1 Å². The van der Waals surface area contributed by atoms with Crippen molar-refractivity contribution in [3.05, 3.63) is 0 Å². The third kappa shape index (κ3) is 3.52. The van der Waals surface area contributed by atoms with Crippen molar-refractivity contribution in [3.63, 3.8) is 0 Å². The van der Waals surface area contributed by atoms with Gasteiger partial charge in [-0.05, 0) is 18.9 Å². The minimum Gasteiger partial charge on any atom is -0.344 e. The molecule has 0 spiro atoms. The Hall–Kier alpha value is -1.43. The molecular formula is C11H19N3O3. The van der Waals surface area contributed by atoms with E-state index in [0.29, 0.717) is 25.8 Å². The van der Waals surface area contributed by atoms with E-state index < -0.39 is 6.04 Å². The van der Waals surface area contributed by atoms with E-state index in [1.807, 2.05) is 6.92 Å². The van der Waals surface area contributed by atoms with Gasteiger partial charge in [-0.1, -0.05) is 6.92 Å². The lowest BCUT2D eigenvalue weighted by atomic mass is 10.0. The van der Waals surface area contributed by atoms with Crippen LogP contribution < -0.4 is 11.1 Å². The van der Waals surface area contributed by atoms with Gasteiger partial charge in [0, 0.05) is 19.9 Å². The van der Waals surface area contributed by atoms with E-state index in [1.165, 1.54) is 7.05 Å². The van der Waals surface area contributed by atoms with Crippen molar-refractivity contribution in [2.75, 3.05) is 13.6 Å². The number of likely N-dealkylation sites (N-methyl/N-ethyl adjacent to an activating group) is 1. The molecule has 3 N–H and O–H groups in total. The number of nitrogens with zero attached hydrogens (tertiary/aromatic N) is 1. The molecule has 1 aliphatic rings. The first-order valence-electron chi connectivity index (χ1n) is 5.75. The van der Waals surface area contributed by atoms with Crippen LogP contribution >= 0.6 is 0 Å².